The van der Waals surface area contributed by atoms with Gasteiger partial charge in [-0.25, -0.2) is 4.98 Å². The van der Waals surface area contributed by atoms with E-state index in [1.165, 1.54) is 12.8 Å². The fraction of sp³-hybridized carbons (Fsp3) is 0.789. The average molecular weight is 492 g/mol. The molecule has 1 unspecified atom stereocenters. The highest BCUT2D eigenvalue weighted by molar-refractivity contribution is 14.0. The molecule has 3 rings (SSSR count). The minimum Gasteiger partial charge on any atom is -0.444 e. The van der Waals surface area contributed by atoms with Crippen LogP contribution in [0.4, 0.5) is 0 Å². The van der Waals surface area contributed by atoms with Crippen LogP contribution in [0.1, 0.15) is 49.4 Å². The molecule has 0 aromatic carbocycles. The number of halogens is 1. The van der Waals surface area contributed by atoms with E-state index < -0.39 is 0 Å². The smallest absolute Gasteiger partial charge is 0.214 e. The van der Waals surface area contributed by atoms with Gasteiger partial charge in [0.05, 0.1) is 31.1 Å². The van der Waals surface area contributed by atoms with Crippen LogP contribution < -0.4 is 5.32 Å². The highest BCUT2D eigenvalue weighted by Gasteiger charge is 2.24. The summed E-state index contributed by atoms with van der Waals surface area (Å²) >= 11 is 0. The number of guanidine groups is 1. The lowest BCUT2D eigenvalue weighted by Gasteiger charge is -2.34. The number of hydrogen-bond acceptors (Lipinski definition) is 5. The number of oxazole rings is 1. The Kier molecular flexibility index (Phi) is 9.31. The van der Waals surface area contributed by atoms with Gasteiger partial charge >= 0.3 is 0 Å². The molecule has 154 valence electrons. The molecular formula is C19H33IN4O3. The summed E-state index contributed by atoms with van der Waals surface area (Å²) in [5.74, 6) is 2.47. The Balaban J connectivity index is 0.00000261. The Morgan fingerprint density at radius 3 is 2.63 bits per heavy atom. The van der Waals surface area contributed by atoms with E-state index in [-0.39, 0.29) is 24.0 Å². The molecule has 2 saturated heterocycles. The molecule has 1 aromatic heterocycles. The average Bonchev–Trinajstić information content (AvgIpc) is 3.00. The minimum absolute atomic E-state index is 0. The van der Waals surface area contributed by atoms with Gasteiger partial charge in [-0.15, -0.1) is 24.0 Å². The first-order valence-corrected chi connectivity index (χ1v) is 9.77. The van der Waals surface area contributed by atoms with E-state index in [1.807, 2.05) is 20.9 Å². The van der Waals surface area contributed by atoms with Gasteiger partial charge in [0, 0.05) is 26.7 Å². The fourth-order valence-corrected chi connectivity index (χ4v) is 3.52. The van der Waals surface area contributed by atoms with E-state index in [1.54, 1.807) is 0 Å². The Morgan fingerprint density at radius 1 is 1.26 bits per heavy atom. The first-order chi connectivity index (χ1) is 12.7. The van der Waals surface area contributed by atoms with E-state index in [0.29, 0.717) is 24.6 Å². The monoisotopic (exact) mass is 492 g/mol. The van der Waals surface area contributed by atoms with Crippen molar-refractivity contribution in [3.05, 3.63) is 17.3 Å². The first kappa shape index (κ1) is 22.4. The summed E-state index contributed by atoms with van der Waals surface area (Å²) < 4.78 is 17.5. The zero-order valence-electron chi connectivity index (χ0n) is 16.7. The van der Waals surface area contributed by atoms with Gasteiger partial charge in [0.15, 0.2) is 5.96 Å². The van der Waals surface area contributed by atoms with Crippen molar-refractivity contribution in [2.45, 2.75) is 64.7 Å². The number of nitrogens with one attached hydrogen (secondary N) is 1. The number of hydrogen-bond donors (Lipinski definition) is 1. The van der Waals surface area contributed by atoms with Crippen molar-refractivity contribution >= 4 is 29.9 Å². The van der Waals surface area contributed by atoms with E-state index in [9.17, 15) is 0 Å². The minimum atomic E-state index is 0. The molecule has 27 heavy (non-hydrogen) atoms. The number of ether oxygens (including phenoxy) is 2. The highest BCUT2D eigenvalue weighted by atomic mass is 127. The standard InChI is InChI=1S/C19H32N4O3.HI/c1-14-15(2)26-18(22-14)12-21-19(20-3)23-9-7-16(8-10-23)25-13-17-6-4-5-11-24-17;/h16-17H,4-13H2,1-3H3,(H,20,21);1H. The molecule has 0 amide bonds. The molecule has 0 spiro atoms. The molecule has 0 radical (unpaired) electrons. The number of aryl methyl sites for hydroxylation is 2. The zero-order chi connectivity index (χ0) is 18.4. The largest absolute Gasteiger partial charge is 0.444 e. The van der Waals surface area contributed by atoms with Crippen LogP contribution in [-0.4, -0.2) is 61.4 Å². The van der Waals surface area contributed by atoms with E-state index in [0.717, 1.165) is 63.0 Å². The summed E-state index contributed by atoms with van der Waals surface area (Å²) in [4.78, 5) is 11.1. The SMILES string of the molecule is CN=C(NCc1nc(C)c(C)o1)N1CCC(OCC2CCCCO2)CC1.I. The molecule has 1 atom stereocenters. The van der Waals surface area contributed by atoms with Crippen molar-refractivity contribution in [2.24, 2.45) is 4.99 Å². The second-order valence-electron chi connectivity index (χ2n) is 7.16. The van der Waals surface area contributed by atoms with Crippen molar-refractivity contribution in [3.63, 3.8) is 0 Å². The molecule has 0 saturated carbocycles. The van der Waals surface area contributed by atoms with Crippen LogP contribution >= 0.6 is 24.0 Å². The molecule has 1 N–H and O–H groups in total. The van der Waals surface area contributed by atoms with Crippen molar-refractivity contribution in [1.82, 2.24) is 15.2 Å². The maximum absolute atomic E-state index is 6.09. The number of aliphatic imine (C=N–C) groups is 1. The van der Waals surface area contributed by atoms with Crippen LogP contribution in [0.15, 0.2) is 9.41 Å². The van der Waals surface area contributed by atoms with Gasteiger partial charge in [0.25, 0.3) is 0 Å². The normalized spacial score (nSPS) is 21.8. The quantitative estimate of drug-likeness (QED) is 0.387. The fourth-order valence-electron chi connectivity index (χ4n) is 3.52. The van der Waals surface area contributed by atoms with Crippen molar-refractivity contribution in [1.29, 1.82) is 0 Å². The van der Waals surface area contributed by atoms with Gasteiger partial charge in [0.2, 0.25) is 5.89 Å². The van der Waals surface area contributed by atoms with Crippen molar-refractivity contribution < 1.29 is 13.9 Å². The summed E-state index contributed by atoms with van der Waals surface area (Å²) in [6, 6.07) is 0. The number of rotatable bonds is 5. The van der Waals surface area contributed by atoms with Gasteiger partial charge in [-0.2, -0.15) is 0 Å². The van der Waals surface area contributed by atoms with Crippen LogP contribution in [0.3, 0.4) is 0 Å². The molecule has 2 fully saturated rings. The Labute approximate surface area is 179 Å². The molecular weight excluding hydrogens is 459 g/mol. The topological polar surface area (TPSA) is 72.1 Å². The summed E-state index contributed by atoms with van der Waals surface area (Å²) in [5, 5.41) is 3.35. The van der Waals surface area contributed by atoms with Gasteiger partial charge in [-0.1, -0.05) is 0 Å². The van der Waals surface area contributed by atoms with E-state index >= 15 is 0 Å². The summed E-state index contributed by atoms with van der Waals surface area (Å²) in [5.41, 5.74) is 0.941. The van der Waals surface area contributed by atoms with Crippen molar-refractivity contribution in [3.8, 4) is 0 Å². The Hall–Kier alpha value is -0.870. The van der Waals surface area contributed by atoms with Crippen LogP contribution in [0, 0.1) is 13.8 Å². The zero-order valence-corrected chi connectivity index (χ0v) is 19.0. The van der Waals surface area contributed by atoms with Gasteiger partial charge in [0.1, 0.15) is 5.76 Å². The predicted molar refractivity (Wildman–Crippen MR) is 116 cm³/mol. The molecule has 2 aliphatic rings. The molecule has 0 aliphatic carbocycles. The first-order valence-electron chi connectivity index (χ1n) is 9.77. The van der Waals surface area contributed by atoms with Crippen LogP contribution in [0.2, 0.25) is 0 Å². The van der Waals surface area contributed by atoms with Crippen LogP contribution in [-0.2, 0) is 16.0 Å². The second kappa shape index (κ2) is 11.2. The predicted octanol–water partition coefficient (Wildman–Crippen LogP) is 3.03. The maximum Gasteiger partial charge on any atom is 0.214 e. The lowest BCUT2D eigenvalue weighted by molar-refractivity contribution is -0.0721. The molecule has 1 aromatic rings. The number of likely N-dealkylation sites (tertiary alicyclic amines) is 1. The molecule has 7 nitrogen and oxygen atoms in total. The van der Waals surface area contributed by atoms with Gasteiger partial charge < -0.3 is 24.1 Å². The lowest BCUT2D eigenvalue weighted by atomic mass is 10.1. The van der Waals surface area contributed by atoms with Crippen LogP contribution in [0.25, 0.3) is 0 Å². The van der Waals surface area contributed by atoms with E-state index in [4.69, 9.17) is 13.9 Å². The maximum atomic E-state index is 6.09. The van der Waals surface area contributed by atoms with E-state index in [2.05, 4.69) is 20.2 Å². The molecule has 2 aliphatic heterocycles. The lowest BCUT2D eigenvalue weighted by Crippen LogP contribution is -2.47. The third-order valence-electron chi connectivity index (χ3n) is 5.22. The number of nitrogens with zero attached hydrogens (tertiary/aromatic N) is 3. The third kappa shape index (κ3) is 6.60. The van der Waals surface area contributed by atoms with Crippen LogP contribution in [0.5, 0.6) is 0 Å². The highest BCUT2D eigenvalue weighted by Crippen LogP contribution is 2.18. The molecule has 0 bridgehead atoms. The van der Waals surface area contributed by atoms with Crippen molar-refractivity contribution in [2.75, 3.05) is 33.4 Å². The van der Waals surface area contributed by atoms with Gasteiger partial charge in [-0.05, 0) is 46.0 Å². The summed E-state index contributed by atoms with van der Waals surface area (Å²) in [6.45, 7) is 7.96. The Bertz CT molecular complexity index is 574. The summed E-state index contributed by atoms with van der Waals surface area (Å²) in [7, 11) is 1.82. The summed E-state index contributed by atoms with van der Waals surface area (Å²) in [6.07, 6.45) is 6.24. The number of piperidine rings is 1. The van der Waals surface area contributed by atoms with Gasteiger partial charge in [-0.3, -0.25) is 4.99 Å². The third-order valence-corrected chi connectivity index (χ3v) is 5.22. The molecule has 8 heteroatoms. The number of aromatic nitrogens is 1. The molecule has 3 heterocycles. The second-order valence-corrected chi connectivity index (χ2v) is 7.16. The Morgan fingerprint density at radius 2 is 2.04 bits per heavy atom.